The Kier molecular flexibility index (Phi) is 14.7. The number of hydrogen-bond acceptors (Lipinski definition) is 7. The van der Waals surface area contributed by atoms with Gasteiger partial charge >= 0.3 is 16.3 Å². The van der Waals surface area contributed by atoms with Crippen LogP contribution in [0.25, 0.3) is 0 Å². The van der Waals surface area contributed by atoms with Crippen LogP contribution in [0, 0.1) is 0 Å². The van der Waals surface area contributed by atoms with Crippen molar-refractivity contribution in [2.24, 2.45) is 0 Å². The molecular weight excluding hydrogens is 958 g/mol. The zero-order chi connectivity index (χ0) is 50.6. The van der Waals surface area contributed by atoms with Crippen LogP contribution in [0.4, 0.5) is 38.7 Å². The van der Waals surface area contributed by atoms with Gasteiger partial charge in [0.05, 0.1) is 19.3 Å². The molecule has 0 bridgehead atoms. The molecule has 10 nitrogen and oxygen atoms in total. The number of carbonyl (C=O) groups excluding carboxylic acids is 3. The van der Waals surface area contributed by atoms with E-state index in [-0.39, 0.29) is 63.3 Å². The van der Waals surface area contributed by atoms with E-state index in [0.29, 0.717) is 17.7 Å². The molecule has 0 radical (unpaired) electrons. The maximum Gasteiger partial charge on any atom is 0.410 e. The number of rotatable bonds is 16. The standard InChI is InChI=1S/C51H57F7N4O6SSi/c1-50(2,3)70(43-18-10-6-11-19-43,44-20-12-7-13-21-44)68-32-31-60(39-26-28-51(52,53)29-27-39)48(64)46(38-17-14-30-59-34-38)62(40-22-24-42(25-23-40)69(54,55,56,57)58)47(63)45-33-41(66-4)35-61(45)49(65)67-36-37-15-8-5-9-16-37/h5-25,30,34,39,41,45-46H,26-29,31-33,35-36H2,1-4H3/t41-,45-,46?/m1/s1. The van der Waals surface area contributed by atoms with Crippen LogP contribution in [-0.2, 0) is 30.1 Å². The predicted molar refractivity (Wildman–Crippen MR) is 257 cm³/mol. The lowest BCUT2D eigenvalue weighted by atomic mass is 9.90. The summed E-state index contributed by atoms with van der Waals surface area (Å²) < 4.78 is 119. The molecule has 0 N–H and O–H groups in total. The first kappa shape index (κ1) is 52.1. The minimum Gasteiger partial charge on any atom is -0.445 e. The number of benzene rings is 4. The minimum absolute atomic E-state index is 0.0520. The van der Waals surface area contributed by atoms with Gasteiger partial charge in [-0.3, -0.25) is 24.4 Å². The van der Waals surface area contributed by atoms with Crippen molar-refractivity contribution in [2.45, 2.75) is 99.6 Å². The number of aromatic nitrogens is 1. The van der Waals surface area contributed by atoms with Gasteiger partial charge in [0.15, 0.2) is 0 Å². The van der Waals surface area contributed by atoms with Crippen molar-refractivity contribution in [1.82, 2.24) is 14.8 Å². The van der Waals surface area contributed by atoms with Gasteiger partial charge in [0.25, 0.3) is 20.1 Å². The van der Waals surface area contributed by atoms with E-state index in [1.807, 2.05) is 60.7 Å². The van der Waals surface area contributed by atoms with Crippen LogP contribution in [0.3, 0.4) is 0 Å². The number of pyridine rings is 1. The lowest BCUT2D eigenvalue weighted by molar-refractivity contribution is -0.140. The smallest absolute Gasteiger partial charge is 0.410 e. The second-order valence-electron chi connectivity index (χ2n) is 18.8. The van der Waals surface area contributed by atoms with Gasteiger partial charge < -0.3 is 18.8 Å². The first-order valence-corrected chi connectivity index (χ1v) is 26.8. The highest BCUT2D eigenvalue weighted by atomic mass is 32.5. The summed E-state index contributed by atoms with van der Waals surface area (Å²) >= 11 is 0. The fraction of sp³-hybridized carbons (Fsp3) is 0.373. The second kappa shape index (κ2) is 19.8. The maximum atomic E-state index is 15.9. The number of halogens is 7. The van der Waals surface area contributed by atoms with Crippen molar-refractivity contribution in [2.75, 3.05) is 31.7 Å². The summed E-state index contributed by atoms with van der Waals surface area (Å²) in [5.41, 5.74) is 0.278. The predicted octanol–water partition coefficient (Wildman–Crippen LogP) is 11.2. The average molecular weight is 1020 g/mol. The third kappa shape index (κ3) is 11.7. The lowest BCUT2D eigenvalue weighted by Crippen LogP contribution is -2.67. The third-order valence-corrected chi connectivity index (χ3v) is 19.3. The Balaban J connectivity index is 1.34. The van der Waals surface area contributed by atoms with Crippen LogP contribution in [0.15, 0.2) is 145 Å². The molecule has 3 atom stereocenters. The van der Waals surface area contributed by atoms with Crippen molar-refractivity contribution in [3.63, 3.8) is 0 Å². The summed E-state index contributed by atoms with van der Waals surface area (Å²) in [6, 6.07) is 28.5. The number of ether oxygens (including phenoxy) is 2. The first-order chi connectivity index (χ1) is 32.9. The summed E-state index contributed by atoms with van der Waals surface area (Å²) in [4.78, 5) is 50.7. The van der Waals surface area contributed by atoms with E-state index in [9.17, 15) is 33.0 Å². The molecule has 4 aromatic carbocycles. The molecule has 1 aliphatic carbocycles. The number of nitrogens with zero attached hydrogens (tertiary/aromatic N) is 4. The maximum absolute atomic E-state index is 15.9. The van der Waals surface area contributed by atoms with Gasteiger partial charge in [-0.15, -0.1) is 0 Å². The zero-order valence-electron chi connectivity index (χ0n) is 39.2. The molecule has 1 saturated carbocycles. The third-order valence-electron chi connectivity index (χ3n) is 13.1. The van der Waals surface area contributed by atoms with Gasteiger partial charge in [-0.25, -0.2) is 13.6 Å². The molecule has 1 saturated heterocycles. The van der Waals surface area contributed by atoms with E-state index in [4.69, 9.17) is 13.9 Å². The zero-order valence-corrected chi connectivity index (χ0v) is 41.1. The molecule has 7 rings (SSSR count). The Bertz CT molecular complexity index is 2540. The number of methoxy groups -OCH3 is 1. The monoisotopic (exact) mass is 1010 g/mol. The molecule has 0 spiro atoms. The number of likely N-dealkylation sites (tertiary alicyclic amines) is 1. The molecular formula is C51H57F7N4O6SSi. The normalized spacial score (nSPS) is 19.1. The SMILES string of the molecule is CO[C@@H]1C[C@H](C(=O)N(c2ccc(S(F)(F)(F)(F)F)cc2)C(C(=O)N(CCO[Si](c2ccccc2)(c2ccccc2)C(C)(C)C)C2CCC(F)(F)CC2)c2cccnc2)N(C(=O)OCc2ccccc2)C1. The van der Waals surface area contributed by atoms with E-state index >= 15 is 9.59 Å². The average Bonchev–Trinajstić information content (AvgIpc) is 3.78. The highest BCUT2D eigenvalue weighted by Crippen LogP contribution is 3.02. The van der Waals surface area contributed by atoms with Crippen LogP contribution >= 0.6 is 10.2 Å². The quantitative estimate of drug-likeness (QED) is 0.0717. The molecule has 19 heteroatoms. The summed E-state index contributed by atoms with van der Waals surface area (Å²) in [6.07, 6.45) is -0.596. The molecule has 5 aromatic rings. The summed E-state index contributed by atoms with van der Waals surface area (Å²) in [6.45, 7) is 5.54. The first-order valence-electron chi connectivity index (χ1n) is 22.9. The molecule has 2 heterocycles. The molecule has 376 valence electrons. The van der Waals surface area contributed by atoms with Gasteiger partial charge in [-0.2, -0.15) is 0 Å². The van der Waals surface area contributed by atoms with Crippen LogP contribution in [0.1, 0.15) is 70.0 Å². The van der Waals surface area contributed by atoms with E-state index in [1.165, 1.54) is 36.5 Å². The molecule has 2 fully saturated rings. The van der Waals surface area contributed by atoms with Gasteiger partial charge in [-0.05, 0) is 64.1 Å². The van der Waals surface area contributed by atoms with Gasteiger partial charge in [0, 0.05) is 62.6 Å². The Labute approximate surface area is 404 Å². The van der Waals surface area contributed by atoms with Gasteiger partial charge in [0.2, 0.25) is 5.92 Å². The molecule has 70 heavy (non-hydrogen) atoms. The summed E-state index contributed by atoms with van der Waals surface area (Å²) in [5, 5.41) is 1.36. The van der Waals surface area contributed by atoms with Crippen molar-refractivity contribution < 1.29 is 56.5 Å². The fourth-order valence-corrected chi connectivity index (χ4v) is 14.8. The van der Waals surface area contributed by atoms with E-state index in [0.717, 1.165) is 20.2 Å². The molecule has 1 aliphatic heterocycles. The number of hydrogen-bond donors (Lipinski definition) is 0. The van der Waals surface area contributed by atoms with E-state index in [2.05, 4.69) is 25.8 Å². The Hall–Kier alpha value is -5.76. The second-order valence-corrected chi connectivity index (χ2v) is 25.5. The van der Waals surface area contributed by atoms with Crippen molar-refractivity contribution in [1.29, 1.82) is 0 Å². The Morgan fingerprint density at radius 2 is 1.39 bits per heavy atom. The Morgan fingerprint density at radius 1 is 0.814 bits per heavy atom. The van der Waals surface area contributed by atoms with Crippen LogP contribution in [-0.4, -0.2) is 91.9 Å². The highest BCUT2D eigenvalue weighted by Gasteiger charge is 2.65. The fourth-order valence-electron chi connectivity index (χ4n) is 9.60. The lowest BCUT2D eigenvalue weighted by Gasteiger charge is -2.45. The number of carbonyl (C=O) groups is 3. The van der Waals surface area contributed by atoms with E-state index < -0.39 is 95.1 Å². The molecule has 2 aliphatic rings. The van der Waals surface area contributed by atoms with Crippen molar-refractivity contribution >= 4 is 52.5 Å². The summed E-state index contributed by atoms with van der Waals surface area (Å²) in [7, 11) is -12.2. The Morgan fingerprint density at radius 3 is 1.90 bits per heavy atom. The van der Waals surface area contributed by atoms with Crippen LogP contribution in [0.5, 0.6) is 0 Å². The summed E-state index contributed by atoms with van der Waals surface area (Å²) in [5.74, 6) is -4.85. The van der Waals surface area contributed by atoms with Crippen molar-refractivity contribution in [3.8, 4) is 0 Å². The number of alkyl halides is 2. The number of amides is 3. The van der Waals surface area contributed by atoms with Gasteiger partial charge in [0.1, 0.15) is 23.6 Å². The molecule has 1 aromatic heterocycles. The minimum atomic E-state index is -10.3. The largest absolute Gasteiger partial charge is 0.445 e. The molecule has 1 unspecified atom stereocenters. The van der Waals surface area contributed by atoms with E-state index in [1.54, 1.807) is 30.3 Å². The number of anilines is 1. The molecule has 3 amide bonds. The van der Waals surface area contributed by atoms with Crippen LogP contribution < -0.4 is 15.3 Å². The van der Waals surface area contributed by atoms with Gasteiger partial charge in [-0.1, -0.05) is 137 Å². The van der Waals surface area contributed by atoms with Crippen LogP contribution in [0.2, 0.25) is 5.04 Å². The topological polar surface area (TPSA) is 102 Å². The van der Waals surface area contributed by atoms with Crippen molar-refractivity contribution in [3.05, 3.63) is 151 Å². The highest BCUT2D eigenvalue weighted by molar-refractivity contribution is 8.45.